The van der Waals surface area contributed by atoms with Crippen LogP contribution in [0.25, 0.3) is 0 Å². The summed E-state index contributed by atoms with van der Waals surface area (Å²) in [7, 11) is 0. The number of nitrogens with zero attached hydrogens (tertiary/aromatic N) is 1. The Labute approximate surface area is 119 Å². The molecule has 0 atom stereocenters. The molecule has 0 saturated heterocycles. The van der Waals surface area contributed by atoms with Gasteiger partial charge in [0, 0.05) is 11.6 Å². The van der Waals surface area contributed by atoms with Crippen molar-refractivity contribution in [3.05, 3.63) is 63.5 Å². The van der Waals surface area contributed by atoms with Gasteiger partial charge in [-0.25, -0.2) is 4.39 Å². The van der Waals surface area contributed by atoms with E-state index in [1.807, 2.05) is 0 Å². The molecule has 104 valence electrons. The molecule has 0 radical (unpaired) electrons. The van der Waals surface area contributed by atoms with E-state index in [0.717, 1.165) is 0 Å². The summed E-state index contributed by atoms with van der Waals surface area (Å²) in [6.07, 6.45) is 0. The maximum absolute atomic E-state index is 13.6. The van der Waals surface area contributed by atoms with Crippen LogP contribution in [0.15, 0.2) is 36.4 Å². The molecule has 0 unspecified atom stereocenters. The Bertz CT molecular complexity index is 661. The van der Waals surface area contributed by atoms with E-state index in [1.54, 1.807) is 19.1 Å². The molecule has 6 heteroatoms. The van der Waals surface area contributed by atoms with Crippen LogP contribution in [0, 0.1) is 22.9 Å². The van der Waals surface area contributed by atoms with Crippen LogP contribution in [-0.2, 0) is 5.88 Å². The van der Waals surface area contributed by atoms with Gasteiger partial charge in [0.2, 0.25) is 0 Å². The van der Waals surface area contributed by atoms with Crippen molar-refractivity contribution in [2.45, 2.75) is 12.8 Å². The summed E-state index contributed by atoms with van der Waals surface area (Å²) in [5.74, 6) is 0.0380. The fraction of sp³-hybridized carbons (Fsp3) is 0.143. The van der Waals surface area contributed by atoms with E-state index in [1.165, 1.54) is 24.3 Å². The summed E-state index contributed by atoms with van der Waals surface area (Å²) in [6.45, 7) is 1.75. The first-order valence-corrected chi connectivity index (χ1v) is 6.32. The minimum Gasteiger partial charge on any atom is -0.456 e. The minimum atomic E-state index is -0.514. The van der Waals surface area contributed by atoms with Gasteiger partial charge in [0.15, 0.2) is 0 Å². The first-order chi connectivity index (χ1) is 9.52. The highest BCUT2D eigenvalue weighted by atomic mass is 35.5. The van der Waals surface area contributed by atoms with E-state index < -0.39 is 10.7 Å². The molecule has 0 aliphatic carbocycles. The molecule has 0 amide bonds. The van der Waals surface area contributed by atoms with Crippen molar-refractivity contribution in [3.8, 4) is 11.5 Å². The van der Waals surface area contributed by atoms with Crippen LogP contribution in [0.1, 0.15) is 11.1 Å². The van der Waals surface area contributed by atoms with E-state index in [0.29, 0.717) is 11.3 Å². The van der Waals surface area contributed by atoms with Crippen molar-refractivity contribution in [2.24, 2.45) is 0 Å². The predicted molar refractivity (Wildman–Crippen MR) is 73.9 cm³/mol. The topological polar surface area (TPSA) is 52.4 Å². The van der Waals surface area contributed by atoms with E-state index in [2.05, 4.69) is 0 Å². The van der Waals surface area contributed by atoms with Crippen molar-refractivity contribution in [2.75, 3.05) is 0 Å². The highest BCUT2D eigenvalue weighted by molar-refractivity contribution is 6.17. The molecule has 0 aromatic heterocycles. The monoisotopic (exact) mass is 295 g/mol. The van der Waals surface area contributed by atoms with Gasteiger partial charge in [0.1, 0.15) is 17.3 Å². The van der Waals surface area contributed by atoms with Gasteiger partial charge in [0.05, 0.1) is 16.9 Å². The lowest BCUT2D eigenvalue weighted by molar-refractivity contribution is -0.384. The smallest absolute Gasteiger partial charge is 0.273 e. The van der Waals surface area contributed by atoms with Crippen molar-refractivity contribution < 1.29 is 14.1 Å². The van der Waals surface area contributed by atoms with Crippen LogP contribution in [0.2, 0.25) is 0 Å². The normalized spacial score (nSPS) is 10.3. The van der Waals surface area contributed by atoms with E-state index in [9.17, 15) is 14.5 Å². The van der Waals surface area contributed by atoms with Crippen LogP contribution in [-0.4, -0.2) is 4.92 Å². The van der Waals surface area contributed by atoms with Crippen LogP contribution in [0.3, 0.4) is 0 Å². The highest BCUT2D eigenvalue weighted by Gasteiger charge is 2.13. The zero-order chi connectivity index (χ0) is 14.7. The zero-order valence-electron chi connectivity index (χ0n) is 10.6. The number of hydrogen-bond donors (Lipinski definition) is 0. The molecule has 0 fully saturated rings. The second-order valence-corrected chi connectivity index (χ2v) is 4.43. The molecule has 4 nitrogen and oxygen atoms in total. The Morgan fingerprint density at radius 3 is 2.70 bits per heavy atom. The molecule has 20 heavy (non-hydrogen) atoms. The van der Waals surface area contributed by atoms with Crippen molar-refractivity contribution in [1.29, 1.82) is 0 Å². The molecule has 2 aromatic carbocycles. The second kappa shape index (κ2) is 5.88. The van der Waals surface area contributed by atoms with Crippen molar-refractivity contribution in [1.82, 2.24) is 0 Å². The minimum absolute atomic E-state index is 0.0457. The lowest BCUT2D eigenvalue weighted by atomic mass is 10.2. The number of aryl methyl sites for hydroxylation is 1. The number of halogens is 2. The molecular weight excluding hydrogens is 285 g/mol. The summed E-state index contributed by atoms with van der Waals surface area (Å²) in [5, 5.41) is 10.8. The van der Waals surface area contributed by atoms with Gasteiger partial charge in [-0.2, -0.15) is 0 Å². The molecule has 0 bridgehead atoms. The number of non-ortho nitro benzene ring substituents is 1. The largest absolute Gasteiger partial charge is 0.456 e. The molecule has 0 aliphatic rings. The summed E-state index contributed by atoms with van der Waals surface area (Å²) in [5.41, 5.74) is 0.842. The molecule has 2 aromatic rings. The lowest BCUT2D eigenvalue weighted by Gasteiger charge is -2.12. The Kier molecular flexibility index (Phi) is 4.20. The van der Waals surface area contributed by atoms with Gasteiger partial charge in [-0.3, -0.25) is 10.1 Å². The van der Waals surface area contributed by atoms with E-state index >= 15 is 0 Å². The first-order valence-electron chi connectivity index (χ1n) is 5.79. The Morgan fingerprint density at radius 2 is 2.05 bits per heavy atom. The fourth-order valence-corrected chi connectivity index (χ4v) is 1.95. The molecule has 0 saturated carbocycles. The van der Waals surface area contributed by atoms with Crippen molar-refractivity contribution in [3.63, 3.8) is 0 Å². The van der Waals surface area contributed by atoms with Gasteiger partial charge in [-0.05, 0) is 30.7 Å². The standard InChI is InChI=1S/C14H11ClFNO3/c1-9-5-6-10(17(18)19)7-14(9)20-13-4-2-3-12(16)11(13)8-15/h2-7H,8H2,1H3. The molecule has 0 N–H and O–H groups in total. The number of nitro benzene ring substituents is 1. The van der Waals surface area contributed by atoms with Gasteiger partial charge >= 0.3 is 0 Å². The summed E-state index contributed by atoms with van der Waals surface area (Å²) >= 11 is 5.70. The Balaban J connectivity index is 2.42. The maximum Gasteiger partial charge on any atom is 0.273 e. The highest BCUT2D eigenvalue weighted by Crippen LogP contribution is 2.32. The van der Waals surface area contributed by atoms with Gasteiger partial charge in [-0.15, -0.1) is 11.6 Å². The van der Waals surface area contributed by atoms with Gasteiger partial charge < -0.3 is 4.74 Å². The molecule has 0 aliphatic heterocycles. The average Bonchev–Trinajstić information content (AvgIpc) is 2.41. The molecular formula is C14H11ClFNO3. The van der Waals surface area contributed by atoms with Crippen LogP contribution >= 0.6 is 11.6 Å². The average molecular weight is 296 g/mol. The number of ether oxygens (including phenoxy) is 1. The Morgan fingerprint density at radius 1 is 1.30 bits per heavy atom. The van der Waals surface area contributed by atoms with Crippen LogP contribution in [0.5, 0.6) is 11.5 Å². The SMILES string of the molecule is Cc1ccc([N+](=O)[O-])cc1Oc1cccc(F)c1CCl. The van der Waals surface area contributed by atoms with Crippen LogP contribution < -0.4 is 4.74 Å². The zero-order valence-corrected chi connectivity index (χ0v) is 11.4. The number of alkyl halides is 1. The number of hydrogen-bond acceptors (Lipinski definition) is 3. The van der Waals surface area contributed by atoms with Gasteiger partial charge in [0.25, 0.3) is 5.69 Å². The van der Waals surface area contributed by atoms with E-state index in [4.69, 9.17) is 16.3 Å². The summed E-state index contributed by atoms with van der Waals surface area (Å²) < 4.78 is 19.2. The quantitative estimate of drug-likeness (QED) is 0.471. The van der Waals surface area contributed by atoms with Crippen molar-refractivity contribution >= 4 is 17.3 Å². The molecule has 0 spiro atoms. The number of benzene rings is 2. The maximum atomic E-state index is 13.6. The fourth-order valence-electron chi connectivity index (χ4n) is 1.69. The number of rotatable bonds is 4. The second-order valence-electron chi connectivity index (χ2n) is 4.16. The number of nitro groups is 1. The third-order valence-electron chi connectivity index (χ3n) is 2.81. The molecule has 0 heterocycles. The molecule has 2 rings (SSSR count). The Hall–Kier alpha value is -2.14. The third-order valence-corrected chi connectivity index (χ3v) is 3.08. The van der Waals surface area contributed by atoms with Crippen LogP contribution in [0.4, 0.5) is 10.1 Å². The van der Waals surface area contributed by atoms with E-state index in [-0.39, 0.29) is 22.9 Å². The third kappa shape index (κ3) is 2.88. The summed E-state index contributed by atoms with van der Waals surface area (Å²) in [4.78, 5) is 10.2. The summed E-state index contributed by atoms with van der Waals surface area (Å²) in [6, 6.07) is 8.61. The first kappa shape index (κ1) is 14.3. The van der Waals surface area contributed by atoms with Gasteiger partial charge in [-0.1, -0.05) is 6.07 Å². The predicted octanol–water partition coefficient (Wildman–Crippen LogP) is 4.57. The lowest BCUT2D eigenvalue weighted by Crippen LogP contribution is -1.96.